The minimum atomic E-state index is -0.448. The fourth-order valence-electron chi connectivity index (χ4n) is 2.79. The Hall–Kier alpha value is -2.08. The quantitative estimate of drug-likeness (QED) is 0.785. The number of ether oxygens (including phenoxy) is 1. The van der Waals surface area contributed by atoms with Gasteiger partial charge in [0.05, 0.1) is 19.6 Å². The summed E-state index contributed by atoms with van der Waals surface area (Å²) in [6.45, 7) is 6.60. The Morgan fingerprint density at radius 1 is 1.42 bits per heavy atom. The molecule has 0 aliphatic carbocycles. The summed E-state index contributed by atoms with van der Waals surface area (Å²) < 4.78 is 5.39. The fraction of sp³-hybridized carbons (Fsp3) is 0.556. The number of nitrogens with one attached hydrogen (secondary N) is 2. The van der Waals surface area contributed by atoms with E-state index < -0.39 is 6.04 Å². The Morgan fingerprint density at radius 2 is 2.17 bits per heavy atom. The van der Waals surface area contributed by atoms with E-state index in [1.165, 1.54) is 0 Å². The lowest BCUT2D eigenvalue weighted by atomic mass is 10.1. The molecule has 0 saturated carbocycles. The van der Waals surface area contributed by atoms with Crippen LogP contribution in [-0.2, 0) is 16.1 Å². The van der Waals surface area contributed by atoms with Crippen LogP contribution in [-0.4, -0.2) is 49.5 Å². The summed E-state index contributed by atoms with van der Waals surface area (Å²) in [6.07, 6.45) is 0.174. The molecule has 2 N–H and O–H groups in total. The first kappa shape index (κ1) is 18.3. The first-order chi connectivity index (χ1) is 11.5. The van der Waals surface area contributed by atoms with Gasteiger partial charge in [0.15, 0.2) is 0 Å². The van der Waals surface area contributed by atoms with Crippen molar-refractivity contribution in [3.63, 3.8) is 0 Å². The van der Waals surface area contributed by atoms with Crippen LogP contribution in [0.3, 0.4) is 0 Å². The average Bonchev–Trinajstić information content (AvgIpc) is 2.56. The first-order valence-electron chi connectivity index (χ1n) is 8.41. The van der Waals surface area contributed by atoms with Crippen molar-refractivity contribution in [1.82, 2.24) is 15.5 Å². The maximum absolute atomic E-state index is 12.3. The number of rotatable bonds is 7. The molecule has 2 rings (SSSR count). The van der Waals surface area contributed by atoms with E-state index in [1.54, 1.807) is 7.11 Å². The lowest BCUT2D eigenvalue weighted by Gasteiger charge is -2.35. The van der Waals surface area contributed by atoms with Gasteiger partial charge >= 0.3 is 0 Å². The van der Waals surface area contributed by atoms with Gasteiger partial charge in [0.1, 0.15) is 5.75 Å². The molecule has 1 fully saturated rings. The van der Waals surface area contributed by atoms with Crippen molar-refractivity contribution >= 4 is 11.8 Å². The number of nitrogens with zero attached hydrogens (tertiary/aromatic N) is 1. The van der Waals surface area contributed by atoms with E-state index in [-0.39, 0.29) is 18.2 Å². The van der Waals surface area contributed by atoms with Crippen molar-refractivity contribution in [1.29, 1.82) is 0 Å². The van der Waals surface area contributed by atoms with Crippen LogP contribution in [0.15, 0.2) is 24.3 Å². The van der Waals surface area contributed by atoms with Crippen LogP contribution in [0.1, 0.15) is 25.8 Å². The smallest absolute Gasteiger partial charge is 0.237 e. The summed E-state index contributed by atoms with van der Waals surface area (Å²) >= 11 is 0. The molecular formula is C18H27N3O3. The summed E-state index contributed by atoms with van der Waals surface area (Å²) in [6, 6.07) is 7.31. The molecule has 1 heterocycles. The average molecular weight is 333 g/mol. The Balaban J connectivity index is 2.05. The zero-order chi connectivity index (χ0) is 17.5. The minimum Gasteiger partial charge on any atom is -0.496 e. The monoisotopic (exact) mass is 333 g/mol. The fourth-order valence-corrected chi connectivity index (χ4v) is 2.79. The summed E-state index contributed by atoms with van der Waals surface area (Å²) in [4.78, 5) is 26.4. The normalized spacial score (nSPS) is 18.3. The second-order valence-corrected chi connectivity index (χ2v) is 6.49. The van der Waals surface area contributed by atoms with Crippen molar-refractivity contribution in [2.75, 3.05) is 26.7 Å². The van der Waals surface area contributed by atoms with Crippen molar-refractivity contribution in [3.8, 4) is 5.75 Å². The van der Waals surface area contributed by atoms with Gasteiger partial charge in [0.25, 0.3) is 0 Å². The summed E-state index contributed by atoms with van der Waals surface area (Å²) in [5, 5.41) is 5.74. The summed E-state index contributed by atoms with van der Waals surface area (Å²) in [7, 11) is 1.64. The minimum absolute atomic E-state index is 0.0872. The molecule has 0 bridgehead atoms. The van der Waals surface area contributed by atoms with E-state index in [1.807, 2.05) is 43.0 Å². The van der Waals surface area contributed by atoms with Gasteiger partial charge in [0, 0.05) is 31.7 Å². The number of amides is 2. The second-order valence-electron chi connectivity index (χ2n) is 6.49. The van der Waals surface area contributed by atoms with E-state index in [0.717, 1.165) is 11.3 Å². The molecule has 2 amide bonds. The van der Waals surface area contributed by atoms with E-state index in [0.29, 0.717) is 32.1 Å². The highest BCUT2D eigenvalue weighted by molar-refractivity contribution is 5.88. The molecule has 1 saturated heterocycles. The van der Waals surface area contributed by atoms with E-state index >= 15 is 0 Å². The molecule has 1 atom stereocenters. The molecule has 0 spiro atoms. The van der Waals surface area contributed by atoms with Gasteiger partial charge in [-0.15, -0.1) is 0 Å². The third kappa shape index (κ3) is 4.96. The predicted octanol–water partition coefficient (Wildman–Crippen LogP) is 1.16. The molecule has 6 nitrogen and oxygen atoms in total. The molecule has 1 aromatic carbocycles. The molecule has 0 unspecified atom stereocenters. The standard InChI is InChI=1S/C18H27N3O3/c1-13(2)11-20-17(22)10-15-18(23)19-8-9-21(15)12-14-6-4-5-7-16(14)24-3/h4-7,13,15H,8-12H2,1-3H3,(H,19,23)(H,20,22)/t15-/m1/s1. The first-order valence-corrected chi connectivity index (χ1v) is 8.41. The van der Waals surface area contributed by atoms with Crippen LogP contribution in [0.4, 0.5) is 0 Å². The molecule has 0 aromatic heterocycles. The van der Waals surface area contributed by atoms with Gasteiger partial charge < -0.3 is 15.4 Å². The number of piperazine rings is 1. The summed E-state index contributed by atoms with van der Waals surface area (Å²) in [5.41, 5.74) is 1.02. The largest absolute Gasteiger partial charge is 0.496 e. The lowest BCUT2D eigenvalue weighted by Crippen LogP contribution is -2.56. The zero-order valence-corrected chi connectivity index (χ0v) is 14.7. The van der Waals surface area contributed by atoms with Crippen molar-refractivity contribution in [2.24, 2.45) is 5.92 Å². The third-order valence-corrected chi connectivity index (χ3v) is 4.09. The lowest BCUT2D eigenvalue weighted by molar-refractivity contribution is -0.134. The number of para-hydroxylation sites is 1. The highest BCUT2D eigenvalue weighted by Gasteiger charge is 2.31. The van der Waals surface area contributed by atoms with Gasteiger partial charge in [-0.1, -0.05) is 32.0 Å². The van der Waals surface area contributed by atoms with Gasteiger partial charge in [-0.3, -0.25) is 14.5 Å². The van der Waals surface area contributed by atoms with Crippen molar-refractivity contribution in [2.45, 2.75) is 32.9 Å². The number of hydrogen-bond acceptors (Lipinski definition) is 4. The van der Waals surface area contributed by atoms with E-state index in [9.17, 15) is 9.59 Å². The molecule has 1 aromatic rings. The number of carbonyl (C=O) groups is 2. The maximum atomic E-state index is 12.3. The van der Waals surface area contributed by atoms with Crippen LogP contribution in [0.2, 0.25) is 0 Å². The van der Waals surface area contributed by atoms with Crippen LogP contribution >= 0.6 is 0 Å². The van der Waals surface area contributed by atoms with Crippen LogP contribution in [0, 0.1) is 5.92 Å². The molecule has 1 aliphatic rings. The molecule has 0 radical (unpaired) electrons. The van der Waals surface area contributed by atoms with Gasteiger partial charge in [-0.25, -0.2) is 0 Å². The Kier molecular flexibility index (Phi) is 6.61. The molecule has 6 heteroatoms. The van der Waals surface area contributed by atoms with E-state index in [4.69, 9.17) is 4.74 Å². The number of carbonyl (C=O) groups excluding carboxylic acids is 2. The highest BCUT2D eigenvalue weighted by Crippen LogP contribution is 2.21. The topological polar surface area (TPSA) is 70.7 Å². The van der Waals surface area contributed by atoms with E-state index in [2.05, 4.69) is 10.6 Å². The Bertz CT molecular complexity index is 574. The van der Waals surface area contributed by atoms with Crippen LogP contribution in [0.5, 0.6) is 5.75 Å². The third-order valence-electron chi connectivity index (χ3n) is 4.09. The Morgan fingerprint density at radius 3 is 2.88 bits per heavy atom. The Labute approximate surface area is 143 Å². The van der Waals surface area contributed by atoms with Gasteiger partial charge in [-0.05, 0) is 12.0 Å². The predicted molar refractivity (Wildman–Crippen MR) is 92.7 cm³/mol. The SMILES string of the molecule is COc1ccccc1CN1CCNC(=O)[C@H]1CC(=O)NCC(C)C. The molecular weight excluding hydrogens is 306 g/mol. The number of benzene rings is 1. The van der Waals surface area contributed by atoms with Gasteiger partial charge in [0.2, 0.25) is 11.8 Å². The summed E-state index contributed by atoms with van der Waals surface area (Å²) in [5.74, 6) is 1.01. The van der Waals surface area contributed by atoms with Crippen LogP contribution in [0.25, 0.3) is 0 Å². The number of hydrogen-bond donors (Lipinski definition) is 2. The van der Waals surface area contributed by atoms with Crippen LogP contribution < -0.4 is 15.4 Å². The van der Waals surface area contributed by atoms with Crippen molar-refractivity contribution < 1.29 is 14.3 Å². The van der Waals surface area contributed by atoms with Crippen molar-refractivity contribution in [3.05, 3.63) is 29.8 Å². The second kappa shape index (κ2) is 8.68. The molecule has 24 heavy (non-hydrogen) atoms. The maximum Gasteiger partial charge on any atom is 0.237 e. The molecule has 132 valence electrons. The molecule has 1 aliphatic heterocycles. The van der Waals surface area contributed by atoms with Gasteiger partial charge in [-0.2, -0.15) is 0 Å². The number of methoxy groups -OCH3 is 1. The highest BCUT2D eigenvalue weighted by atomic mass is 16.5. The zero-order valence-electron chi connectivity index (χ0n) is 14.7.